The van der Waals surface area contributed by atoms with Crippen molar-refractivity contribution < 1.29 is 9.53 Å². The summed E-state index contributed by atoms with van der Waals surface area (Å²) in [6, 6.07) is -0.274. The maximum Gasteiger partial charge on any atom is 0.323 e. The van der Waals surface area contributed by atoms with Gasteiger partial charge in [0.05, 0.1) is 13.8 Å². The van der Waals surface area contributed by atoms with Crippen molar-refractivity contribution >= 4 is 5.97 Å². The van der Waals surface area contributed by atoms with Crippen molar-refractivity contribution in [1.29, 1.82) is 0 Å². The highest BCUT2D eigenvalue weighted by molar-refractivity contribution is 5.75. The number of hydrogen-bond donors (Lipinski definition) is 3. The second-order valence-corrected chi connectivity index (χ2v) is 2.80. The molecule has 13 heavy (non-hydrogen) atoms. The molecule has 1 aliphatic rings. The minimum Gasteiger partial charge on any atom is -0.468 e. The van der Waals surface area contributed by atoms with Crippen LogP contribution in [0.1, 0.15) is 6.42 Å². The lowest BCUT2D eigenvalue weighted by Crippen LogP contribution is -2.36. The standard InChI is InChI=1S/C8H15N3O2/c1-9-7(8(12)13-2)3-6-4-10-5-11-6/h4,7,9-11H,3,5H2,1-2H3/t7-/m0/s1. The van der Waals surface area contributed by atoms with Crippen LogP contribution < -0.4 is 16.0 Å². The summed E-state index contributed by atoms with van der Waals surface area (Å²) in [5, 5.41) is 9.00. The SMILES string of the molecule is CN[C@@H](CC1=CNCN1)C(=O)OC. The summed E-state index contributed by atoms with van der Waals surface area (Å²) < 4.78 is 4.64. The fraction of sp³-hybridized carbons (Fsp3) is 0.625. The quantitative estimate of drug-likeness (QED) is 0.497. The van der Waals surface area contributed by atoms with E-state index in [2.05, 4.69) is 20.7 Å². The van der Waals surface area contributed by atoms with Gasteiger partial charge in [0.2, 0.25) is 0 Å². The Labute approximate surface area is 77.5 Å². The topological polar surface area (TPSA) is 62.4 Å². The van der Waals surface area contributed by atoms with Crippen molar-refractivity contribution in [3.63, 3.8) is 0 Å². The maximum absolute atomic E-state index is 11.2. The van der Waals surface area contributed by atoms with Gasteiger partial charge in [0.25, 0.3) is 0 Å². The Balaban J connectivity index is 2.43. The third-order valence-electron chi connectivity index (χ3n) is 1.95. The van der Waals surface area contributed by atoms with Gasteiger partial charge in [0, 0.05) is 18.3 Å². The van der Waals surface area contributed by atoms with Crippen molar-refractivity contribution in [2.75, 3.05) is 20.8 Å². The molecule has 5 heteroatoms. The summed E-state index contributed by atoms with van der Waals surface area (Å²) >= 11 is 0. The number of methoxy groups -OCH3 is 1. The predicted molar refractivity (Wildman–Crippen MR) is 48.7 cm³/mol. The van der Waals surface area contributed by atoms with E-state index in [0.717, 1.165) is 12.4 Å². The Bertz CT molecular complexity index is 215. The summed E-state index contributed by atoms with van der Waals surface area (Å²) in [6.07, 6.45) is 2.49. The van der Waals surface area contributed by atoms with Gasteiger partial charge in [0.15, 0.2) is 0 Å². The molecule has 0 saturated heterocycles. The molecule has 0 fully saturated rings. The summed E-state index contributed by atoms with van der Waals surface area (Å²) in [5.41, 5.74) is 1.02. The number of esters is 1. The molecule has 5 nitrogen and oxygen atoms in total. The van der Waals surface area contributed by atoms with Gasteiger partial charge in [0.1, 0.15) is 6.04 Å². The van der Waals surface area contributed by atoms with Crippen molar-refractivity contribution in [1.82, 2.24) is 16.0 Å². The Morgan fingerprint density at radius 1 is 1.85 bits per heavy atom. The fourth-order valence-corrected chi connectivity index (χ4v) is 1.19. The molecule has 0 radical (unpaired) electrons. The predicted octanol–water partition coefficient (Wildman–Crippen LogP) is -0.871. The smallest absolute Gasteiger partial charge is 0.323 e. The molecule has 0 aromatic heterocycles. The van der Waals surface area contributed by atoms with Crippen LogP contribution in [-0.4, -0.2) is 32.8 Å². The molecule has 0 saturated carbocycles. The van der Waals surface area contributed by atoms with E-state index in [1.807, 2.05) is 6.20 Å². The second-order valence-electron chi connectivity index (χ2n) is 2.80. The van der Waals surface area contributed by atoms with E-state index in [-0.39, 0.29) is 12.0 Å². The molecule has 0 aliphatic carbocycles. The van der Waals surface area contributed by atoms with E-state index >= 15 is 0 Å². The lowest BCUT2D eigenvalue weighted by molar-refractivity contribution is -0.142. The van der Waals surface area contributed by atoms with Gasteiger partial charge in [-0.2, -0.15) is 0 Å². The van der Waals surface area contributed by atoms with E-state index in [1.54, 1.807) is 7.05 Å². The molecule has 1 heterocycles. The van der Waals surface area contributed by atoms with E-state index in [4.69, 9.17) is 0 Å². The Morgan fingerprint density at radius 2 is 2.62 bits per heavy atom. The van der Waals surface area contributed by atoms with Gasteiger partial charge < -0.3 is 20.7 Å². The molecule has 0 spiro atoms. The minimum atomic E-state index is -0.274. The number of rotatable bonds is 4. The first kappa shape index (κ1) is 9.85. The molecule has 0 bridgehead atoms. The zero-order valence-corrected chi connectivity index (χ0v) is 7.89. The molecule has 1 aliphatic heterocycles. The number of likely N-dealkylation sites (N-methyl/N-ethyl adjacent to an activating group) is 1. The highest BCUT2D eigenvalue weighted by Crippen LogP contribution is 2.04. The van der Waals surface area contributed by atoms with Gasteiger partial charge in [-0.3, -0.25) is 4.79 Å². The van der Waals surface area contributed by atoms with Gasteiger partial charge >= 0.3 is 5.97 Å². The van der Waals surface area contributed by atoms with E-state index < -0.39 is 0 Å². The number of carbonyl (C=O) groups is 1. The first-order valence-electron chi connectivity index (χ1n) is 4.19. The van der Waals surface area contributed by atoms with Crippen LogP contribution in [0.15, 0.2) is 11.9 Å². The molecule has 1 atom stereocenters. The Morgan fingerprint density at radius 3 is 3.08 bits per heavy atom. The molecule has 0 aromatic carbocycles. The van der Waals surface area contributed by atoms with Crippen molar-refractivity contribution in [3.8, 4) is 0 Å². The molecule has 3 N–H and O–H groups in total. The summed E-state index contributed by atoms with van der Waals surface area (Å²) in [4.78, 5) is 11.2. The first-order chi connectivity index (χ1) is 6.27. The number of hydrogen-bond acceptors (Lipinski definition) is 5. The van der Waals surface area contributed by atoms with Crippen LogP contribution in [0.2, 0.25) is 0 Å². The van der Waals surface area contributed by atoms with E-state index in [9.17, 15) is 4.79 Å². The Hall–Kier alpha value is -1.23. The lowest BCUT2D eigenvalue weighted by atomic mass is 10.2. The van der Waals surface area contributed by atoms with E-state index in [0.29, 0.717) is 6.42 Å². The van der Waals surface area contributed by atoms with Crippen LogP contribution in [-0.2, 0) is 9.53 Å². The zero-order chi connectivity index (χ0) is 9.68. The normalized spacial score (nSPS) is 16.9. The van der Waals surface area contributed by atoms with Gasteiger partial charge in [-0.15, -0.1) is 0 Å². The third-order valence-corrected chi connectivity index (χ3v) is 1.95. The lowest BCUT2D eigenvalue weighted by Gasteiger charge is -2.13. The van der Waals surface area contributed by atoms with Crippen LogP contribution in [0.4, 0.5) is 0 Å². The van der Waals surface area contributed by atoms with Crippen LogP contribution in [0, 0.1) is 0 Å². The summed E-state index contributed by atoms with van der Waals surface area (Å²) in [7, 11) is 3.13. The van der Waals surface area contributed by atoms with E-state index in [1.165, 1.54) is 7.11 Å². The highest BCUT2D eigenvalue weighted by atomic mass is 16.5. The first-order valence-corrected chi connectivity index (χ1v) is 4.19. The average Bonchev–Trinajstić information content (AvgIpc) is 2.65. The molecular weight excluding hydrogens is 170 g/mol. The zero-order valence-electron chi connectivity index (χ0n) is 7.89. The minimum absolute atomic E-state index is 0.239. The van der Waals surface area contributed by atoms with Crippen LogP contribution >= 0.6 is 0 Å². The van der Waals surface area contributed by atoms with Crippen molar-refractivity contribution in [2.45, 2.75) is 12.5 Å². The number of ether oxygens (including phenoxy) is 1. The average molecular weight is 185 g/mol. The van der Waals surface area contributed by atoms with Gasteiger partial charge in [-0.05, 0) is 7.05 Å². The highest BCUT2D eigenvalue weighted by Gasteiger charge is 2.19. The molecule has 0 unspecified atom stereocenters. The third kappa shape index (κ3) is 2.62. The van der Waals surface area contributed by atoms with Gasteiger partial charge in [-0.1, -0.05) is 0 Å². The number of carbonyl (C=O) groups excluding carboxylic acids is 1. The molecule has 0 aromatic rings. The van der Waals surface area contributed by atoms with Crippen LogP contribution in [0.5, 0.6) is 0 Å². The summed E-state index contributed by atoms with van der Waals surface area (Å²) in [5.74, 6) is -0.239. The largest absolute Gasteiger partial charge is 0.468 e. The molecular formula is C8H15N3O2. The van der Waals surface area contributed by atoms with Gasteiger partial charge in [-0.25, -0.2) is 0 Å². The maximum atomic E-state index is 11.2. The van der Waals surface area contributed by atoms with Crippen LogP contribution in [0.25, 0.3) is 0 Å². The van der Waals surface area contributed by atoms with Crippen LogP contribution in [0.3, 0.4) is 0 Å². The molecule has 74 valence electrons. The number of nitrogens with one attached hydrogen (secondary N) is 3. The second kappa shape index (κ2) is 4.71. The Kier molecular flexibility index (Phi) is 3.57. The van der Waals surface area contributed by atoms with Crippen molar-refractivity contribution in [2.24, 2.45) is 0 Å². The monoisotopic (exact) mass is 185 g/mol. The van der Waals surface area contributed by atoms with Crippen molar-refractivity contribution in [3.05, 3.63) is 11.9 Å². The molecule has 0 amide bonds. The fourth-order valence-electron chi connectivity index (χ4n) is 1.19. The molecule has 1 rings (SSSR count). The summed E-state index contributed by atoms with van der Waals surface area (Å²) in [6.45, 7) is 0.729.